The second-order valence-corrected chi connectivity index (χ2v) is 7.39. The molecule has 8 heteroatoms. The summed E-state index contributed by atoms with van der Waals surface area (Å²) in [5.74, 6) is 0.476. The number of nitrogens with zero attached hydrogens (tertiary/aromatic N) is 1. The molecular weight excluding hydrogens is 392 g/mol. The Kier molecular flexibility index (Phi) is 6.12. The van der Waals surface area contributed by atoms with Crippen LogP contribution in [0.5, 0.6) is 11.5 Å². The summed E-state index contributed by atoms with van der Waals surface area (Å²) in [5, 5.41) is 2.64. The van der Waals surface area contributed by atoms with Crippen LogP contribution in [0.2, 0.25) is 0 Å². The van der Waals surface area contributed by atoms with E-state index in [0.717, 1.165) is 5.56 Å². The number of carbonyl (C=O) groups is 3. The highest BCUT2D eigenvalue weighted by Gasteiger charge is 2.42. The summed E-state index contributed by atoms with van der Waals surface area (Å²) in [6.45, 7) is 1.36. The molecule has 0 fully saturated rings. The highest BCUT2D eigenvalue weighted by Crippen LogP contribution is 2.38. The smallest absolute Gasteiger partial charge is 0.264 e. The number of imide groups is 1. The number of anilines is 1. The quantitative estimate of drug-likeness (QED) is 0.700. The van der Waals surface area contributed by atoms with Gasteiger partial charge in [-0.1, -0.05) is 12.1 Å². The molecule has 0 unspecified atom stereocenters. The highest BCUT2D eigenvalue weighted by molar-refractivity contribution is 7.98. The second kappa shape index (κ2) is 8.57. The number of fused-ring (bicyclic) bond motifs is 1. The van der Waals surface area contributed by atoms with Crippen LogP contribution in [0.3, 0.4) is 0 Å². The molecule has 0 aliphatic carbocycles. The molecule has 1 aliphatic heterocycles. The third-order valence-corrected chi connectivity index (χ3v) is 5.33. The van der Waals surface area contributed by atoms with E-state index in [9.17, 15) is 14.4 Å². The van der Waals surface area contributed by atoms with Crippen LogP contribution < -0.4 is 14.8 Å². The van der Waals surface area contributed by atoms with E-state index >= 15 is 0 Å². The molecule has 0 spiro atoms. The largest absolute Gasteiger partial charge is 0.493 e. The van der Waals surface area contributed by atoms with Gasteiger partial charge in [0.05, 0.1) is 37.1 Å². The average molecular weight is 414 g/mol. The molecule has 0 radical (unpaired) electrons. The van der Waals surface area contributed by atoms with E-state index in [1.165, 1.54) is 30.7 Å². The Morgan fingerprint density at radius 3 is 2.45 bits per heavy atom. The lowest BCUT2D eigenvalue weighted by Gasteiger charge is -2.26. The molecule has 2 aromatic rings. The fourth-order valence-corrected chi connectivity index (χ4v) is 4.08. The van der Waals surface area contributed by atoms with Crippen molar-refractivity contribution in [2.24, 2.45) is 0 Å². The number of benzene rings is 2. The minimum absolute atomic E-state index is 0.222. The van der Waals surface area contributed by atoms with Crippen LogP contribution in [0.1, 0.15) is 39.2 Å². The molecule has 1 aliphatic rings. The van der Waals surface area contributed by atoms with Crippen molar-refractivity contribution in [2.75, 3.05) is 31.5 Å². The average Bonchev–Trinajstić information content (AvgIpc) is 2.96. The SMILES string of the molecule is COc1ccc([C@@H](CSC)N2C(=O)c3cccc(NC(C)=O)c3C2=O)cc1OC. The number of carbonyl (C=O) groups excluding carboxylic acids is 3. The van der Waals surface area contributed by atoms with Gasteiger partial charge in [-0.2, -0.15) is 11.8 Å². The second-order valence-electron chi connectivity index (χ2n) is 6.48. The van der Waals surface area contributed by atoms with Crippen LogP contribution in [-0.4, -0.2) is 48.8 Å². The van der Waals surface area contributed by atoms with E-state index in [1.807, 2.05) is 12.3 Å². The van der Waals surface area contributed by atoms with E-state index in [1.54, 1.807) is 37.4 Å². The molecule has 0 aromatic heterocycles. The number of nitrogens with one attached hydrogen (secondary N) is 1. The summed E-state index contributed by atoms with van der Waals surface area (Å²) in [5.41, 5.74) is 1.60. The van der Waals surface area contributed by atoms with Crippen LogP contribution in [0.15, 0.2) is 36.4 Å². The molecule has 0 bridgehead atoms. The summed E-state index contributed by atoms with van der Waals surface area (Å²) >= 11 is 1.52. The van der Waals surface area contributed by atoms with Crippen molar-refractivity contribution in [3.63, 3.8) is 0 Å². The zero-order valence-corrected chi connectivity index (χ0v) is 17.5. The molecule has 152 valence electrons. The molecule has 1 heterocycles. The topological polar surface area (TPSA) is 84.9 Å². The first kappa shape index (κ1) is 20.7. The predicted octanol–water partition coefficient (Wildman–Crippen LogP) is 3.36. The lowest BCUT2D eigenvalue weighted by molar-refractivity contribution is -0.114. The predicted molar refractivity (Wildman–Crippen MR) is 112 cm³/mol. The Hall–Kier alpha value is -3.00. The van der Waals surface area contributed by atoms with Crippen molar-refractivity contribution in [1.82, 2.24) is 4.90 Å². The maximum Gasteiger partial charge on any atom is 0.264 e. The Morgan fingerprint density at radius 2 is 1.83 bits per heavy atom. The molecule has 2 aromatic carbocycles. The van der Waals surface area contributed by atoms with Crippen molar-refractivity contribution < 1.29 is 23.9 Å². The highest BCUT2D eigenvalue weighted by atomic mass is 32.2. The molecule has 1 N–H and O–H groups in total. The van der Waals surface area contributed by atoms with Crippen LogP contribution in [-0.2, 0) is 4.79 Å². The van der Waals surface area contributed by atoms with Gasteiger partial charge in [-0.25, -0.2) is 0 Å². The summed E-state index contributed by atoms with van der Waals surface area (Å²) in [7, 11) is 3.08. The Balaban J connectivity index is 2.06. The van der Waals surface area contributed by atoms with Gasteiger partial charge in [0.15, 0.2) is 11.5 Å². The van der Waals surface area contributed by atoms with Gasteiger partial charge in [-0.15, -0.1) is 0 Å². The molecule has 0 saturated heterocycles. The molecule has 1 atom stereocenters. The molecule has 0 saturated carbocycles. The van der Waals surface area contributed by atoms with Crippen LogP contribution in [0, 0.1) is 0 Å². The maximum absolute atomic E-state index is 13.3. The van der Waals surface area contributed by atoms with E-state index in [4.69, 9.17) is 9.47 Å². The molecular formula is C21H22N2O5S. The van der Waals surface area contributed by atoms with Gasteiger partial charge in [0, 0.05) is 12.7 Å². The van der Waals surface area contributed by atoms with E-state index in [2.05, 4.69) is 5.32 Å². The number of ether oxygens (including phenoxy) is 2. The first-order valence-corrected chi connectivity index (χ1v) is 10.3. The van der Waals surface area contributed by atoms with E-state index in [0.29, 0.717) is 22.9 Å². The van der Waals surface area contributed by atoms with Gasteiger partial charge >= 0.3 is 0 Å². The number of hydrogen-bond donors (Lipinski definition) is 1. The third kappa shape index (κ3) is 3.80. The molecule has 3 rings (SSSR count). The lowest BCUT2D eigenvalue weighted by Crippen LogP contribution is -2.35. The number of amides is 3. The number of methoxy groups -OCH3 is 2. The first-order valence-electron chi connectivity index (χ1n) is 8.92. The zero-order valence-electron chi connectivity index (χ0n) is 16.6. The van der Waals surface area contributed by atoms with Crippen molar-refractivity contribution in [2.45, 2.75) is 13.0 Å². The summed E-state index contributed by atoms with van der Waals surface area (Å²) in [6, 6.07) is 9.72. The maximum atomic E-state index is 13.3. The third-order valence-electron chi connectivity index (χ3n) is 4.69. The Labute approximate surface area is 173 Å². The number of thioether (sulfide) groups is 1. The van der Waals surface area contributed by atoms with Crippen LogP contribution >= 0.6 is 11.8 Å². The van der Waals surface area contributed by atoms with Gasteiger partial charge in [-0.3, -0.25) is 19.3 Å². The molecule has 7 nitrogen and oxygen atoms in total. The minimum atomic E-state index is -0.498. The van der Waals surface area contributed by atoms with Gasteiger partial charge < -0.3 is 14.8 Å². The fraction of sp³-hybridized carbons (Fsp3) is 0.286. The number of hydrogen-bond acceptors (Lipinski definition) is 6. The summed E-state index contributed by atoms with van der Waals surface area (Å²) in [6.07, 6.45) is 1.91. The van der Waals surface area contributed by atoms with Crippen molar-refractivity contribution in [1.29, 1.82) is 0 Å². The van der Waals surface area contributed by atoms with Crippen LogP contribution in [0.25, 0.3) is 0 Å². The zero-order chi connectivity index (χ0) is 21.1. The van der Waals surface area contributed by atoms with Gasteiger partial charge in [0.1, 0.15) is 0 Å². The van der Waals surface area contributed by atoms with E-state index < -0.39 is 11.9 Å². The lowest BCUT2D eigenvalue weighted by atomic mass is 10.1. The van der Waals surface area contributed by atoms with Crippen molar-refractivity contribution in [3.8, 4) is 11.5 Å². The van der Waals surface area contributed by atoms with Gasteiger partial charge in [-0.05, 0) is 36.1 Å². The number of rotatable bonds is 7. The Morgan fingerprint density at radius 1 is 1.10 bits per heavy atom. The van der Waals surface area contributed by atoms with Gasteiger partial charge in [0.2, 0.25) is 5.91 Å². The van der Waals surface area contributed by atoms with E-state index in [-0.39, 0.29) is 22.9 Å². The Bertz CT molecular complexity index is 976. The monoisotopic (exact) mass is 414 g/mol. The minimum Gasteiger partial charge on any atom is -0.493 e. The molecule has 29 heavy (non-hydrogen) atoms. The summed E-state index contributed by atoms with van der Waals surface area (Å²) < 4.78 is 10.7. The van der Waals surface area contributed by atoms with Crippen molar-refractivity contribution in [3.05, 3.63) is 53.1 Å². The summed E-state index contributed by atoms with van der Waals surface area (Å²) in [4.78, 5) is 39.2. The van der Waals surface area contributed by atoms with Gasteiger partial charge in [0.25, 0.3) is 11.8 Å². The first-order chi connectivity index (χ1) is 13.9. The van der Waals surface area contributed by atoms with Crippen molar-refractivity contribution >= 4 is 35.2 Å². The standard InChI is InChI=1S/C21H22N2O5S/c1-12(24)22-15-7-5-6-14-19(15)21(26)23(20(14)25)16(11-29-4)13-8-9-17(27-2)18(10-13)28-3/h5-10,16H,11H2,1-4H3,(H,22,24)/t16-/m1/s1. The van der Waals surface area contributed by atoms with Crippen LogP contribution in [0.4, 0.5) is 5.69 Å². The fourth-order valence-electron chi connectivity index (χ4n) is 3.42. The molecule has 3 amide bonds. The normalized spacial score (nSPS) is 13.9.